The zero-order valence-corrected chi connectivity index (χ0v) is 18.5. The van der Waals surface area contributed by atoms with E-state index in [4.69, 9.17) is 21.4 Å². The largest absolute Gasteiger partial charge is 0.483 e. The standard InChI is InChI=1S/C20H22ClN3O7S/c21-15-6-7-19(18(12-15)24(27)28)31-16-8-10-23(11-9-16)32(29,30)13-17(22-20(25)26)14-4-2-1-3-5-14/h1-7,12,16-17,22H,8-11,13H2,(H,25,26). The van der Waals surface area contributed by atoms with Crippen LogP contribution >= 0.6 is 11.6 Å². The Labute approximate surface area is 189 Å². The van der Waals surface area contributed by atoms with E-state index in [0.717, 1.165) is 0 Å². The van der Waals surface area contributed by atoms with Crippen LogP contribution < -0.4 is 10.1 Å². The molecule has 1 unspecified atom stereocenters. The summed E-state index contributed by atoms with van der Waals surface area (Å²) in [5.41, 5.74) is 0.296. The van der Waals surface area contributed by atoms with Crippen LogP contribution in [0.25, 0.3) is 0 Å². The maximum Gasteiger partial charge on any atom is 0.405 e. The second-order valence-electron chi connectivity index (χ2n) is 7.28. The molecule has 10 nitrogen and oxygen atoms in total. The van der Waals surface area contributed by atoms with Gasteiger partial charge in [0.15, 0.2) is 5.75 Å². The molecule has 12 heteroatoms. The molecule has 3 rings (SSSR count). The van der Waals surface area contributed by atoms with Crippen LogP contribution in [0.5, 0.6) is 5.75 Å². The van der Waals surface area contributed by atoms with E-state index in [-0.39, 0.29) is 29.5 Å². The third kappa shape index (κ3) is 6.09. The molecule has 0 aromatic heterocycles. The fourth-order valence-corrected chi connectivity index (χ4v) is 5.35. The van der Waals surface area contributed by atoms with Crippen LogP contribution in [0.1, 0.15) is 24.4 Å². The van der Waals surface area contributed by atoms with Gasteiger partial charge in [-0.2, -0.15) is 0 Å². The van der Waals surface area contributed by atoms with Crippen LogP contribution in [0.15, 0.2) is 48.5 Å². The van der Waals surface area contributed by atoms with E-state index in [2.05, 4.69) is 5.32 Å². The van der Waals surface area contributed by atoms with Crippen molar-refractivity contribution < 1.29 is 28.0 Å². The van der Waals surface area contributed by atoms with Gasteiger partial charge in [-0.3, -0.25) is 10.1 Å². The van der Waals surface area contributed by atoms with Crippen molar-refractivity contribution in [3.63, 3.8) is 0 Å². The molecule has 0 saturated carbocycles. The Morgan fingerprint density at radius 3 is 2.50 bits per heavy atom. The fourth-order valence-electron chi connectivity index (χ4n) is 3.51. The summed E-state index contributed by atoms with van der Waals surface area (Å²) in [6.07, 6.45) is -1.04. The third-order valence-corrected chi connectivity index (χ3v) is 7.22. The minimum Gasteiger partial charge on any atom is -0.483 e. The molecule has 1 amide bonds. The lowest BCUT2D eigenvalue weighted by molar-refractivity contribution is -0.386. The molecule has 2 N–H and O–H groups in total. The first-order valence-electron chi connectivity index (χ1n) is 9.78. The zero-order valence-electron chi connectivity index (χ0n) is 16.9. The number of ether oxygens (including phenoxy) is 1. The quantitative estimate of drug-likeness (QED) is 0.433. The molecule has 0 spiro atoms. The lowest BCUT2D eigenvalue weighted by Crippen LogP contribution is -2.45. The number of nitrogens with one attached hydrogen (secondary N) is 1. The first kappa shape index (κ1) is 23.8. The smallest absolute Gasteiger partial charge is 0.405 e. The molecule has 0 radical (unpaired) electrons. The fraction of sp³-hybridized carbons (Fsp3) is 0.350. The molecule has 172 valence electrons. The summed E-state index contributed by atoms with van der Waals surface area (Å²) in [5, 5.41) is 22.8. The summed E-state index contributed by atoms with van der Waals surface area (Å²) >= 11 is 5.81. The highest BCUT2D eigenvalue weighted by atomic mass is 35.5. The summed E-state index contributed by atoms with van der Waals surface area (Å²) in [5.74, 6) is -0.340. The molecule has 0 aliphatic carbocycles. The van der Waals surface area contributed by atoms with Crippen molar-refractivity contribution >= 4 is 33.4 Å². The SMILES string of the molecule is O=C(O)NC(CS(=O)(=O)N1CCC(Oc2ccc(Cl)cc2[N+](=O)[O-])CC1)c1ccccc1. The highest BCUT2D eigenvalue weighted by Crippen LogP contribution is 2.32. The Morgan fingerprint density at radius 2 is 1.91 bits per heavy atom. The van der Waals surface area contributed by atoms with E-state index in [1.165, 1.54) is 22.5 Å². The molecule has 1 aliphatic rings. The lowest BCUT2D eigenvalue weighted by atomic mass is 10.1. The first-order chi connectivity index (χ1) is 15.2. The number of sulfonamides is 1. The summed E-state index contributed by atoms with van der Waals surface area (Å²) in [7, 11) is -3.77. The van der Waals surface area contributed by atoms with Gasteiger partial charge in [0.05, 0.1) is 16.7 Å². The van der Waals surface area contributed by atoms with Crippen molar-refractivity contribution in [2.45, 2.75) is 25.0 Å². The number of amides is 1. The molecule has 1 heterocycles. The second kappa shape index (κ2) is 10.2. The van der Waals surface area contributed by atoms with Crippen LogP contribution in [0.4, 0.5) is 10.5 Å². The summed E-state index contributed by atoms with van der Waals surface area (Å²) in [4.78, 5) is 21.8. The van der Waals surface area contributed by atoms with E-state index in [0.29, 0.717) is 18.4 Å². The normalized spacial score (nSPS) is 16.3. The van der Waals surface area contributed by atoms with E-state index in [1.54, 1.807) is 30.3 Å². The Kier molecular flexibility index (Phi) is 7.54. The summed E-state index contributed by atoms with van der Waals surface area (Å²) in [6.45, 7) is 0.311. The lowest BCUT2D eigenvalue weighted by Gasteiger charge is -2.32. The predicted molar refractivity (Wildman–Crippen MR) is 117 cm³/mol. The Balaban J connectivity index is 1.65. The molecule has 1 atom stereocenters. The van der Waals surface area contributed by atoms with Gasteiger partial charge in [-0.15, -0.1) is 0 Å². The van der Waals surface area contributed by atoms with Crippen molar-refractivity contribution in [2.24, 2.45) is 0 Å². The maximum atomic E-state index is 12.9. The molecule has 2 aromatic carbocycles. The van der Waals surface area contributed by atoms with E-state index < -0.39 is 38.9 Å². The number of nitro benzene ring substituents is 1. The minimum absolute atomic E-state index is 0.0792. The summed E-state index contributed by atoms with van der Waals surface area (Å²) < 4.78 is 32.9. The minimum atomic E-state index is -3.77. The molecule has 32 heavy (non-hydrogen) atoms. The number of carbonyl (C=O) groups is 1. The molecule has 1 saturated heterocycles. The highest BCUT2D eigenvalue weighted by Gasteiger charge is 2.32. The van der Waals surface area contributed by atoms with Gasteiger partial charge < -0.3 is 15.2 Å². The van der Waals surface area contributed by atoms with E-state index in [9.17, 15) is 23.3 Å². The Hall–Kier alpha value is -2.89. The molecular weight excluding hydrogens is 462 g/mol. The van der Waals surface area contributed by atoms with Crippen molar-refractivity contribution in [3.8, 4) is 5.75 Å². The number of piperidine rings is 1. The van der Waals surface area contributed by atoms with Crippen LogP contribution in [-0.4, -0.2) is 53.8 Å². The Bertz CT molecular complexity index is 1070. The zero-order chi connectivity index (χ0) is 23.3. The first-order valence-corrected chi connectivity index (χ1v) is 11.8. The second-order valence-corrected chi connectivity index (χ2v) is 9.73. The van der Waals surface area contributed by atoms with Crippen LogP contribution in [0, 0.1) is 10.1 Å². The van der Waals surface area contributed by atoms with Gasteiger partial charge in [0.1, 0.15) is 6.10 Å². The van der Waals surface area contributed by atoms with E-state index >= 15 is 0 Å². The van der Waals surface area contributed by atoms with Crippen molar-refractivity contribution in [2.75, 3.05) is 18.8 Å². The van der Waals surface area contributed by atoms with Gasteiger partial charge in [-0.25, -0.2) is 17.5 Å². The summed E-state index contributed by atoms with van der Waals surface area (Å²) in [6, 6.07) is 11.7. The van der Waals surface area contributed by atoms with Crippen molar-refractivity contribution in [1.29, 1.82) is 0 Å². The molecule has 1 fully saturated rings. The number of halogens is 1. The maximum absolute atomic E-state index is 12.9. The van der Waals surface area contributed by atoms with Gasteiger partial charge in [0, 0.05) is 24.2 Å². The highest BCUT2D eigenvalue weighted by molar-refractivity contribution is 7.89. The number of nitrogens with zero attached hydrogens (tertiary/aromatic N) is 2. The van der Waals surface area contributed by atoms with Gasteiger partial charge in [-0.1, -0.05) is 41.9 Å². The Morgan fingerprint density at radius 1 is 1.25 bits per heavy atom. The van der Waals surface area contributed by atoms with Crippen LogP contribution in [-0.2, 0) is 10.0 Å². The number of rotatable bonds is 8. The average molecular weight is 484 g/mol. The van der Waals surface area contributed by atoms with Crippen LogP contribution in [0.2, 0.25) is 5.02 Å². The van der Waals surface area contributed by atoms with Crippen LogP contribution in [0.3, 0.4) is 0 Å². The molecule has 0 bridgehead atoms. The monoisotopic (exact) mass is 483 g/mol. The van der Waals surface area contributed by atoms with Gasteiger partial charge in [-0.05, 0) is 30.5 Å². The molecule has 1 aliphatic heterocycles. The van der Waals surface area contributed by atoms with E-state index in [1.807, 2.05) is 0 Å². The average Bonchev–Trinajstić information content (AvgIpc) is 2.75. The molecular formula is C20H22ClN3O7S. The van der Waals surface area contributed by atoms with Crippen molar-refractivity contribution in [1.82, 2.24) is 9.62 Å². The number of nitro groups is 1. The number of benzene rings is 2. The third-order valence-electron chi connectivity index (χ3n) is 5.08. The number of hydrogen-bond acceptors (Lipinski definition) is 6. The predicted octanol–water partition coefficient (Wildman–Crippen LogP) is 3.43. The van der Waals surface area contributed by atoms with Crippen molar-refractivity contribution in [3.05, 3.63) is 69.2 Å². The molecule has 2 aromatic rings. The topological polar surface area (TPSA) is 139 Å². The number of carboxylic acid groups (broad SMARTS) is 1. The van der Waals surface area contributed by atoms with Gasteiger partial charge in [0.2, 0.25) is 10.0 Å². The van der Waals surface area contributed by atoms with Gasteiger partial charge in [0.25, 0.3) is 0 Å². The number of hydrogen-bond donors (Lipinski definition) is 2. The van der Waals surface area contributed by atoms with Gasteiger partial charge >= 0.3 is 11.8 Å².